The van der Waals surface area contributed by atoms with E-state index in [-0.39, 0.29) is 18.1 Å². The minimum absolute atomic E-state index is 0.0586. The molecule has 1 aliphatic heterocycles. The standard InChI is InChI=1S/C15H18FN3O2S2/c1-15(2,3)17-13-18-19-14(23-13)22-7-10-5-11(16)4-9-6-20-8-21-12(9)10/h4-5H,6-8H2,1-3H3,(H,17,18). The van der Waals surface area contributed by atoms with Crippen LogP contribution in [-0.4, -0.2) is 22.5 Å². The van der Waals surface area contributed by atoms with Gasteiger partial charge in [0.25, 0.3) is 0 Å². The van der Waals surface area contributed by atoms with E-state index in [1.807, 2.05) is 0 Å². The third-order valence-electron chi connectivity index (χ3n) is 2.99. The Morgan fingerprint density at radius 2 is 2.17 bits per heavy atom. The van der Waals surface area contributed by atoms with Crippen molar-refractivity contribution in [2.75, 3.05) is 12.1 Å². The zero-order chi connectivity index (χ0) is 16.4. The summed E-state index contributed by atoms with van der Waals surface area (Å²) < 4.78 is 25.3. The van der Waals surface area contributed by atoms with Crippen molar-refractivity contribution in [2.24, 2.45) is 0 Å². The van der Waals surface area contributed by atoms with Gasteiger partial charge in [0.1, 0.15) is 11.6 Å². The van der Waals surface area contributed by atoms with Gasteiger partial charge in [0.15, 0.2) is 11.1 Å². The molecule has 0 radical (unpaired) electrons. The van der Waals surface area contributed by atoms with Gasteiger partial charge in [-0.15, -0.1) is 10.2 Å². The van der Waals surface area contributed by atoms with Crippen LogP contribution in [0.3, 0.4) is 0 Å². The molecule has 5 nitrogen and oxygen atoms in total. The van der Waals surface area contributed by atoms with Gasteiger partial charge in [0.05, 0.1) is 6.61 Å². The average Bonchev–Trinajstić information content (AvgIpc) is 2.90. The molecule has 1 aromatic carbocycles. The number of nitrogens with one attached hydrogen (secondary N) is 1. The number of ether oxygens (including phenoxy) is 2. The van der Waals surface area contributed by atoms with E-state index in [9.17, 15) is 4.39 Å². The highest BCUT2D eigenvalue weighted by Gasteiger charge is 2.18. The van der Waals surface area contributed by atoms with Crippen LogP contribution in [0.2, 0.25) is 0 Å². The Balaban J connectivity index is 1.70. The van der Waals surface area contributed by atoms with Crippen LogP contribution < -0.4 is 10.1 Å². The van der Waals surface area contributed by atoms with Crippen molar-refractivity contribution in [3.05, 3.63) is 29.1 Å². The number of aromatic nitrogens is 2. The maximum atomic E-state index is 13.7. The van der Waals surface area contributed by atoms with E-state index < -0.39 is 0 Å². The summed E-state index contributed by atoms with van der Waals surface area (Å²) in [7, 11) is 0. The molecule has 0 atom stereocenters. The zero-order valence-electron chi connectivity index (χ0n) is 13.2. The summed E-state index contributed by atoms with van der Waals surface area (Å²) in [4.78, 5) is 0. The predicted molar refractivity (Wildman–Crippen MR) is 89.5 cm³/mol. The monoisotopic (exact) mass is 355 g/mol. The Labute approximate surface area is 142 Å². The molecule has 0 spiro atoms. The minimum atomic E-state index is -0.277. The number of hydrogen-bond acceptors (Lipinski definition) is 7. The van der Waals surface area contributed by atoms with Crippen molar-refractivity contribution in [1.29, 1.82) is 0 Å². The van der Waals surface area contributed by atoms with Crippen LogP contribution in [0.1, 0.15) is 31.9 Å². The molecule has 0 fully saturated rings. The SMILES string of the molecule is CC(C)(C)Nc1nnc(SCc2cc(F)cc3c2OCOC3)s1. The van der Waals surface area contributed by atoms with Crippen molar-refractivity contribution in [3.63, 3.8) is 0 Å². The molecular formula is C15H18FN3O2S2. The van der Waals surface area contributed by atoms with Crippen LogP contribution in [0.25, 0.3) is 0 Å². The molecule has 3 rings (SSSR count). The number of benzene rings is 1. The zero-order valence-corrected chi connectivity index (χ0v) is 14.8. The molecule has 2 aromatic rings. The summed E-state index contributed by atoms with van der Waals surface area (Å²) in [5.41, 5.74) is 1.50. The van der Waals surface area contributed by atoms with Crippen LogP contribution in [0, 0.1) is 5.82 Å². The Bertz CT molecular complexity index is 701. The smallest absolute Gasteiger partial charge is 0.206 e. The molecule has 124 valence electrons. The van der Waals surface area contributed by atoms with Gasteiger partial charge >= 0.3 is 0 Å². The first-order valence-electron chi connectivity index (χ1n) is 7.17. The van der Waals surface area contributed by atoms with Gasteiger partial charge in [0, 0.05) is 22.4 Å². The summed E-state index contributed by atoms with van der Waals surface area (Å²) >= 11 is 3.01. The van der Waals surface area contributed by atoms with E-state index in [1.165, 1.54) is 35.2 Å². The first-order chi connectivity index (χ1) is 10.9. The first kappa shape index (κ1) is 16.5. The lowest BCUT2D eigenvalue weighted by molar-refractivity contribution is -0.0171. The molecule has 1 N–H and O–H groups in total. The van der Waals surface area contributed by atoms with Gasteiger partial charge < -0.3 is 14.8 Å². The fraction of sp³-hybridized carbons (Fsp3) is 0.467. The van der Waals surface area contributed by atoms with Gasteiger partial charge in [-0.1, -0.05) is 23.1 Å². The Hall–Kier alpha value is -1.38. The predicted octanol–water partition coefficient (Wildman–Crippen LogP) is 4.05. The van der Waals surface area contributed by atoms with E-state index in [0.29, 0.717) is 12.4 Å². The molecule has 8 heteroatoms. The van der Waals surface area contributed by atoms with Crippen LogP contribution in [0.4, 0.5) is 9.52 Å². The van der Waals surface area contributed by atoms with Gasteiger partial charge in [-0.2, -0.15) is 0 Å². The maximum absolute atomic E-state index is 13.7. The average molecular weight is 355 g/mol. The molecule has 23 heavy (non-hydrogen) atoms. The molecule has 1 aromatic heterocycles. The molecule has 0 bridgehead atoms. The highest BCUT2D eigenvalue weighted by atomic mass is 32.2. The molecule has 0 aliphatic carbocycles. The van der Waals surface area contributed by atoms with Gasteiger partial charge in [-0.05, 0) is 32.9 Å². The Kier molecular flexibility index (Phi) is 4.74. The normalized spacial score (nSPS) is 14.3. The number of hydrogen-bond donors (Lipinski definition) is 1. The lowest BCUT2D eigenvalue weighted by Gasteiger charge is -2.20. The van der Waals surface area contributed by atoms with Crippen LogP contribution in [0.15, 0.2) is 16.5 Å². The van der Waals surface area contributed by atoms with Crippen molar-refractivity contribution >= 4 is 28.2 Å². The second kappa shape index (κ2) is 6.62. The first-order valence-corrected chi connectivity index (χ1v) is 8.97. The second-order valence-electron chi connectivity index (χ2n) is 6.20. The number of fused-ring (bicyclic) bond motifs is 1. The van der Waals surface area contributed by atoms with Gasteiger partial charge in [-0.25, -0.2) is 4.39 Å². The molecule has 0 amide bonds. The van der Waals surface area contributed by atoms with Gasteiger partial charge in [0.2, 0.25) is 5.13 Å². The van der Waals surface area contributed by atoms with Crippen molar-refractivity contribution in [2.45, 2.75) is 43.0 Å². The fourth-order valence-electron chi connectivity index (χ4n) is 2.14. The van der Waals surface area contributed by atoms with Crippen molar-refractivity contribution in [1.82, 2.24) is 10.2 Å². The molecule has 0 saturated carbocycles. The number of nitrogens with zero attached hydrogens (tertiary/aromatic N) is 2. The summed E-state index contributed by atoms with van der Waals surface area (Å²) in [5.74, 6) is 1.02. The Morgan fingerprint density at radius 3 is 2.96 bits per heavy atom. The number of thioether (sulfide) groups is 1. The highest BCUT2D eigenvalue weighted by molar-refractivity contribution is 8.00. The molecule has 0 unspecified atom stereocenters. The molecule has 0 saturated heterocycles. The molecule has 1 aliphatic rings. The van der Waals surface area contributed by atoms with E-state index >= 15 is 0 Å². The molecule has 2 heterocycles. The second-order valence-corrected chi connectivity index (χ2v) is 8.40. The van der Waals surface area contributed by atoms with E-state index in [0.717, 1.165) is 26.3 Å². The quantitative estimate of drug-likeness (QED) is 0.835. The Morgan fingerprint density at radius 1 is 1.35 bits per heavy atom. The highest BCUT2D eigenvalue weighted by Crippen LogP contribution is 2.35. The lowest BCUT2D eigenvalue weighted by atomic mass is 10.1. The van der Waals surface area contributed by atoms with Crippen molar-refractivity contribution < 1.29 is 13.9 Å². The number of halogens is 1. The topological polar surface area (TPSA) is 56.3 Å². The van der Waals surface area contributed by atoms with Crippen LogP contribution in [0.5, 0.6) is 5.75 Å². The third kappa shape index (κ3) is 4.33. The maximum Gasteiger partial charge on any atom is 0.206 e. The lowest BCUT2D eigenvalue weighted by Crippen LogP contribution is -2.25. The van der Waals surface area contributed by atoms with Crippen LogP contribution >= 0.6 is 23.1 Å². The van der Waals surface area contributed by atoms with Crippen LogP contribution in [-0.2, 0) is 17.1 Å². The third-order valence-corrected chi connectivity index (χ3v) is 5.01. The van der Waals surface area contributed by atoms with E-state index in [4.69, 9.17) is 9.47 Å². The largest absolute Gasteiger partial charge is 0.467 e. The van der Waals surface area contributed by atoms with Gasteiger partial charge in [-0.3, -0.25) is 0 Å². The fourth-order valence-corrected chi connectivity index (χ4v) is 4.07. The minimum Gasteiger partial charge on any atom is -0.467 e. The number of rotatable bonds is 4. The van der Waals surface area contributed by atoms with Crippen molar-refractivity contribution in [3.8, 4) is 5.75 Å². The summed E-state index contributed by atoms with van der Waals surface area (Å²) in [6.07, 6.45) is 0. The summed E-state index contributed by atoms with van der Waals surface area (Å²) in [5, 5.41) is 12.4. The summed E-state index contributed by atoms with van der Waals surface area (Å²) in [6.45, 7) is 6.79. The number of anilines is 1. The summed E-state index contributed by atoms with van der Waals surface area (Å²) in [6, 6.07) is 2.96. The van der Waals surface area contributed by atoms with E-state index in [1.54, 1.807) is 0 Å². The molecular weight excluding hydrogens is 337 g/mol. The van der Waals surface area contributed by atoms with E-state index in [2.05, 4.69) is 36.3 Å².